The van der Waals surface area contributed by atoms with Crippen molar-refractivity contribution < 1.29 is 9.59 Å². The molecular formula is C19H17ClN4O2. The highest BCUT2D eigenvalue weighted by molar-refractivity contribution is 6.33. The molecular weight excluding hydrogens is 352 g/mol. The van der Waals surface area contributed by atoms with Crippen molar-refractivity contribution in [1.29, 1.82) is 0 Å². The van der Waals surface area contributed by atoms with Gasteiger partial charge >= 0.3 is 6.03 Å². The van der Waals surface area contributed by atoms with Crippen LogP contribution in [0.4, 0.5) is 10.5 Å². The van der Waals surface area contributed by atoms with Crippen LogP contribution in [0.25, 0.3) is 10.9 Å². The standard InChI is InChI=1S/C19H17ClN4O2/c20-15-7-2-1-5-13(15)18(25)22-11-12-23-19(26)24-17-9-3-8-16-14(17)6-4-10-21-16/h1-10H,11-12H2,(H,22,25)(H2,23,24,26). The molecule has 1 heterocycles. The fourth-order valence-corrected chi connectivity index (χ4v) is 2.69. The molecule has 132 valence electrons. The summed E-state index contributed by atoms with van der Waals surface area (Å²) >= 11 is 5.97. The number of urea groups is 1. The smallest absolute Gasteiger partial charge is 0.319 e. The van der Waals surface area contributed by atoms with Crippen molar-refractivity contribution in [3.05, 3.63) is 71.4 Å². The molecule has 0 aliphatic heterocycles. The van der Waals surface area contributed by atoms with E-state index >= 15 is 0 Å². The Morgan fingerprint density at radius 3 is 2.58 bits per heavy atom. The van der Waals surface area contributed by atoms with E-state index in [1.807, 2.05) is 30.3 Å². The van der Waals surface area contributed by atoms with Gasteiger partial charge in [-0.2, -0.15) is 0 Å². The average molecular weight is 369 g/mol. The fraction of sp³-hybridized carbons (Fsp3) is 0.105. The van der Waals surface area contributed by atoms with E-state index in [2.05, 4.69) is 20.9 Å². The number of hydrogen-bond donors (Lipinski definition) is 3. The first kappa shape index (κ1) is 17.7. The summed E-state index contributed by atoms with van der Waals surface area (Å²) in [4.78, 5) is 28.3. The van der Waals surface area contributed by atoms with E-state index in [1.165, 1.54) is 0 Å². The van der Waals surface area contributed by atoms with E-state index in [0.717, 1.165) is 10.9 Å². The molecule has 3 N–H and O–H groups in total. The minimum Gasteiger partial charge on any atom is -0.350 e. The molecule has 3 amide bonds. The van der Waals surface area contributed by atoms with Gasteiger partial charge in [0.1, 0.15) is 0 Å². The number of aromatic nitrogens is 1. The van der Waals surface area contributed by atoms with Crippen LogP contribution in [0.3, 0.4) is 0 Å². The third kappa shape index (κ3) is 4.29. The maximum Gasteiger partial charge on any atom is 0.319 e. The Hall–Kier alpha value is -3.12. The Bertz CT molecular complexity index is 940. The van der Waals surface area contributed by atoms with Crippen LogP contribution in [-0.2, 0) is 0 Å². The van der Waals surface area contributed by atoms with Crippen molar-refractivity contribution in [2.24, 2.45) is 0 Å². The minimum atomic E-state index is -0.353. The molecule has 0 bridgehead atoms. The van der Waals surface area contributed by atoms with Crippen LogP contribution < -0.4 is 16.0 Å². The first-order valence-corrected chi connectivity index (χ1v) is 8.44. The monoisotopic (exact) mass is 368 g/mol. The minimum absolute atomic E-state index is 0.280. The van der Waals surface area contributed by atoms with E-state index in [1.54, 1.807) is 30.5 Å². The molecule has 0 aliphatic rings. The number of benzene rings is 2. The van der Waals surface area contributed by atoms with Crippen LogP contribution in [0.1, 0.15) is 10.4 Å². The molecule has 6 nitrogen and oxygen atoms in total. The first-order valence-electron chi connectivity index (χ1n) is 8.06. The molecule has 0 spiro atoms. The number of hydrogen-bond acceptors (Lipinski definition) is 3. The highest BCUT2D eigenvalue weighted by Gasteiger charge is 2.09. The second-order valence-electron chi connectivity index (χ2n) is 5.49. The maximum atomic E-state index is 12.0. The van der Waals surface area contributed by atoms with Crippen molar-refractivity contribution in [1.82, 2.24) is 15.6 Å². The predicted octanol–water partition coefficient (Wildman–Crippen LogP) is 3.44. The number of nitrogens with zero attached hydrogens (tertiary/aromatic N) is 1. The molecule has 0 radical (unpaired) electrons. The van der Waals surface area contributed by atoms with Crippen molar-refractivity contribution in [3.8, 4) is 0 Å². The normalized spacial score (nSPS) is 10.3. The van der Waals surface area contributed by atoms with Gasteiger partial charge in [-0.3, -0.25) is 9.78 Å². The number of amides is 3. The largest absolute Gasteiger partial charge is 0.350 e. The van der Waals surface area contributed by atoms with Gasteiger partial charge < -0.3 is 16.0 Å². The van der Waals surface area contributed by atoms with Gasteiger partial charge in [0.25, 0.3) is 5.91 Å². The van der Waals surface area contributed by atoms with E-state index in [9.17, 15) is 9.59 Å². The summed E-state index contributed by atoms with van der Waals surface area (Å²) in [7, 11) is 0. The lowest BCUT2D eigenvalue weighted by Crippen LogP contribution is -2.36. The van der Waals surface area contributed by atoms with Gasteiger partial charge in [-0.25, -0.2) is 4.79 Å². The number of carbonyl (C=O) groups excluding carboxylic acids is 2. The average Bonchev–Trinajstić information content (AvgIpc) is 2.66. The van der Waals surface area contributed by atoms with Gasteiger partial charge in [-0.05, 0) is 36.4 Å². The van der Waals surface area contributed by atoms with E-state index in [4.69, 9.17) is 11.6 Å². The number of nitrogens with one attached hydrogen (secondary N) is 3. The predicted molar refractivity (Wildman–Crippen MR) is 103 cm³/mol. The van der Waals surface area contributed by atoms with Crippen LogP contribution in [0.15, 0.2) is 60.8 Å². The fourth-order valence-electron chi connectivity index (χ4n) is 2.47. The number of halogens is 1. The SMILES string of the molecule is O=C(NCCNC(=O)c1ccccc1Cl)Nc1cccc2ncccc12. The summed E-state index contributed by atoms with van der Waals surface area (Å²) in [6.45, 7) is 0.569. The lowest BCUT2D eigenvalue weighted by atomic mass is 10.2. The Morgan fingerprint density at radius 1 is 0.923 bits per heavy atom. The molecule has 1 aromatic heterocycles. The summed E-state index contributed by atoms with van der Waals surface area (Å²) in [5, 5.41) is 9.45. The zero-order valence-electron chi connectivity index (χ0n) is 13.8. The Morgan fingerprint density at radius 2 is 1.73 bits per heavy atom. The molecule has 0 unspecified atom stereocenters. The summed E-state index contributed by atoms with van der Waals surface area (Å²) < 4.78 is 0. The van der Waals surface area contributed by atoms with Crippen LogP contribution in [0, 0.1) is 0 Å². The Kier molecular flexibility index (Phi) is 5.66. The number of anilines is 1. The first-order chi connectivity index (χ1) is 12.6. The molecule has 3 aromatic rings. The second kappa shape index (κ2) is 8.31. The van der Waals surface area contributed by atoms with Gasteiger partial charge in [0.2, 0.25) is 0 Å². The highest BCUT2D eigenvalue weighted by Crippen LogP contribution is 2.20. The van der Waals surface area contributed by atoms with E-state index < -0.39 is 0 Å². The molecule has 3 rings (SSSR count). The topological polar surface area (TPSA) is 83.1 Å². The maximum absolute atomic E-state index is 12.0. The van der Waals surface area contributed by atoms with Crippen LogP contribution in [0.2, 0.25) is 5.02 Å². The third-order valence-corrected chi connectivity index (χ3v) is 4.04. The van der Waals surface area contributed by atoms with Gasteiger partial charge in [0.05, 0.1) is 21.8 Å². The number of fused-ring (bicyclic) bond motifs is 1. The summed E-state index contributed by atoms with van der Waals surface area (Å²) in [5.74, 6) is -0.280. The molecule has 0 saturated carbocycles. The van der Waals surface area contributed by atoms with Gasteiger partial charge in [0.15, 0.2) is 0 Å². The van der Waals surface area contributed by atoms with E-state index in [0.29, 0.717) is 16.3 Å². The van der Waals surface area contributed by atoms with Gasteiger partial charge in [0, 0.05) is 24.7 Å². The summed E-state index contributed by atoms with van der Waals surface area (Å²) in [5.41, 5.74) is 1.88. The van der Waals surface area contributed by atoms with E-state index in [-0.39, 0.29) is 25.0 Å². The van der Waals surface area contributed by atoms with Crippen molar-refractivity contribution in [3.63, 3.8) is 0 Å². The quantitative estimate of drug-likeness (QED) is 0.603. The number of rotatable bonds is 5. The van der Waals surface area contributed by atoms with Crippen molar-refractivity contribution in [2.45, 2.75) is 0 Å². The summed E-state index contributed by atoms with van der Waals surface area (Å²) in [6.07, 6.45) is 1.70. The van der Waals surface area contributed by atoms with Gasteiger partial charge in [-0.15, -0.1) is 0 Å². The lowest BCUT2D eigenvalue weighted by Gasteiger charge is -2.10. The number of pyridine rings is 1. The van der Waals surface area contributed by atoms with Crippen LogP contribution in [-0.4, -0.2) is 30.0 Å². The number of carbonyl (C=O) groups is 2. The molecule has 26 heavy (non-hydrogen) atoms. The Balaban J connectivity index is 1.49. The summed E-state index contributed by atoms with van der Waals surface area (Å²) in [6, 6.07) is 15.7. The molecule has 0 aliphatic carbocycles. The zero-order valence-corrected chi connectivity index (χ0v) is 14.6. The molecule has 0 fully saturated rings. The van der Waals surface area contributed by atoms with Crippen molar-refractivity contribution >= 4 is 40.1 Å². The molecule has 7 heteroatoms. The second-order valence-corrected chi connectivity index (χ2v) is 5.90. The highest BCUT2D eigenvalue weighted by atomic mass is 35.5. The molecule has 0 saturated heterocycles. The Labute approximate surface area is 155 Å². The zero-order chi connectivity index (χ0) is 18.4. The van der Waals surface area contributed by atoms with Gasteiger partial charge in [-0.1, -0.05) is 29.8 Å². The lowest BCUT2D eigenvalue weighted by molar-refractivity contribution is 0.0954. The third-order valence-electron chi connectivity index (χ3n) is 3.71. The van der Waals surface area contributed by atoms with Crippen molar-refractivity contribution in [2.75, 3.05) is 18.4 Å². The van der Waals surface area contributed by atoms with Crippen LogP contribution in [0.5, 0.6) is 0 Å². The molecule has 0 atom stereocenters. The van der Waals surface area contributed by atoms with Crippen LogP contribution >= 0.6 is 11.6 Å². The molecule has 2 aromatic carbocycles.